The maximum Gasteiger partial charge on any atom is 0.272 e. The first kappa shape index (κ1) is 13.8. The molecule has 1 heterocycles. The van der Waals surface area contributed by atoms with Crippen molar-refractivity contribution in [3.63, 3.8) is 0 Å². The maximum atomic E-state index is 12.2. The second kappa shape index (κ2) is 6.55. The van der Waals surface area contributed by atoms with Gasteiger partial charge in [0.1, 0.15) is 0 Å². The van der Waals surface area contributed by atoms with E-state index in [2.05, 4.69) is 17.2 Å². The topological polar surface area (TPSA) is 68.0 Å². The zero-order valence-corrected chi connectivity index (χ0v) is 11.6. The number of pyridine rings is 1. The Labute approximate surface area is 114 Å². The largest absolute Gasteiger partial charge is 0.397 e. The lowest BCUT2D eigenvalue weighted by Gasteiger charge is -2.23. The van der Waals surface area contributed by atoms with Crippen LogP contribution in [0.2, 0.25) is 0 Å². The molecule has 1 atom stereocenters. The molecule has 0 bridgehead atoms. The van der Waals surface area contributed by atoms with E-state index in [1.165, 1.54) is 38.5 Å². The van der Waals surface area contributed by atoms with Crippen molar-refractivity contribution in [3.8, 4) is 0 Å². The van der Waals surface area contributed by atoms with Gasteiger partial charge in [0.05, 0.1) is 5.69 Å². The van der Waals surface area contributed by atoms with Crippen LogP contribution in [-0.4, -0.2) is 16.9 Å². The first-order valence-electron chi connectivity index (χ1n) is 7.20. The average molecular weight is 261 g/mol. The molecule has 4 heteroatoms. The number of rotatable bonds is 3. The zero-order valence-electron chi connectivity index (χ0n) is 11.6. The van der Waals surface area contributed by atoms with Gasteiger partial charge in [-0.1, -0.05) is 25.7 Å². The lowest BCUT2D eigenvalue weighted by molar-refractivity contribution is 0.0920. The molecule has 0 aliphatic heterocycles. The number of nitrogens with one attached hydrogen (secondary N) is 1. The van der Waals surface area contributed by atoms with E-state index in [-0.39, 0.29) is 11.9 Å². The third-order valence-corrected chi connectivity index (χ3v) is 4.02. The van der Waals surface area contributed by atoms with Gasteiger partial charge in [-0.3, -0.25) is 4.79 Å². The molecule has 1 aromatic rings. The molecule has 4 nitrogen and oxygen atoms in total. The molecule has 0 unspecified atom stereocenters. The summed E-state index contributed by atoms with van der Waals surface area (Å²) in [4.78, 5) is 16.2. The highest BCUT2D eigenvalue weighted by molar-refractivity contribution is 5.97. The van der Waals surface area contributed by atoms with Crippen LogP contribution in [0, 0.1) is 5.92 Å². The van der Waals surface area contributed by atoms with Gasteiger partial charge in [-0.25, -0.2) is 4.98 Å². The van der Waals surface area contributed by atoms with Crippen LogP contribution in [0.25, 0.3) is 0 Å². The summed E-state index contributed by atoms with van der Waals surface area (Å²) in [7, 11) is 0. The monoisotopic (exact) mass is 261 g/mol. The summed E-state index contributed by atoms with van der Waals surface area (Å²) in [6, 6.07) is 3.63. The number of amides is 1. The highest BCUT2D eigenvalue weighted by atomic mass is 16.1. The van der Waals surface area contributed by atoms with Crippen molar-refractivity contribution in [2.75, 3.05) is 5.73 Å². The van der Waals surface area contributed by atoms with Gasteiger partial charge in [0.25, 0.3) is 5.91 Å². The molecule has 3 N–H and O–H groups in total. The number of nitrogens with two attached hydrogens (primary N) is 1. The lowest BCUT2D eigenvalue weighted by Crippen LogP contribution is -2.38. The molecule has 1 aromatic heterocycles. The van der Waals surface area contributed by atoms with E-state index in [1.54, 1.807) is 18.3 Å². The molecule has 19 heavy (non-hydrogen) atoms. The molecular weight excluding hydrogens is 238 g/mol. The predicted octanol–water partition coefficient (Wildman–Crippen LogP) is 2.75. The van der Waals surface area contributed by atoms with Crippen LogP contribution in [0.1, 0.15) is 55.9 Å². The van der Waals surface area contributed by atoms with E-state index >= 15 is 0 Å². The highest BCUT2D eigenvalue weighted by Crippen LogP contribution is 2.25. The number of anilines is 1. The van der Waals surface area contributed by atoms with Crippen LogP contribution in [0.4, 0.5) is 5.69 Å². The fraction of sp³-hybridized carbons (Fsp3) is 0.600. The van der Waals surface area contributed by atoms with Crippen molar-refractivity contribution < 1.29 is 4.79 Å². The molecule has 0 radical (unpaired) electrons. The molecular formula is C15H23N3O. The first-order valence-corrected chi connectivity index (χ1v) is 7.20. The Morgan fingerprint density at radius 2 is 2.05 bits per heavy atom. The second-order valence-electron chi connectivity index (χ2n) is 5.46. The molecule has 1 fully saturated rings. The third kappa shape index (κ3) is 3.69. The molecule has 1 saturated carbocycles. The molecule has 0 saturated heterocycles. The zero-order chi connectivity index (χ0) is 13.7. The van der Waals surface area contributed by atoms with Gasteiger partial charge >= 0.3 is 0 Å². The summed E-state index contributed by atoms with van der Waals surface area (Å²) in [6.45, 7) is 2.09. The molecule has 0 aromatic carbocycles. The number of aromatic nitrogens is 1. The van der Waals surface area contributed by atoms with E-state index in [4.69, 9.17) is 5.73 Å². The van der Waals surface area contributed by atoms with Gasteiger partial charge in [-0.2, -0.15) is 0 Å². The van der Waals surface area contributed by atoms with Crippen LogP contribution >= 0.6 is 0 Å². The second-order valence-corrected chi connectivity index (χ2v) is 5.46. The quantitative estimate of drug-likeness (QED) is 0.822. The third-order valence-electron chi connectivity index (χ3n) is 4.02. The average Bonchev–Trinajstić information content (AvgIpc) is 2.68. The maximum absolute atomic E-state index is 12.2. The summed E-state index contributed by atoms with van der Waals surface area (Å²) < 4.78 is 0. The number of nitrogen functional groups attached to an aromatic ring is 1. The fourth-order valence-electron chi connectivity index (χ4n) is 2.81. The Kier molecular flexibility index (Phi) is 4.77. The van der Waals surface area contributed by atoms with Crippen LogP contribution in [-0.2, 0) is 0 Å². The smallest absolute Gasteiger partial charge is 0.272 e. The van der Waals surface area contributed by atoms with E-state index in [0.717, 1.165) is 0 Å². The van der Waals surface area contributed by atoms with Crippen molar-refractivity contribution >= 4 is 11.6 Å². The summed E-state index contributed by atoms with van der Waals surface area (Å²) in [6.07, 6.45) is 9.21. The van der Waals surface area contributed by atoms with Crippen LogP contribution in [0.3, 0.4) is 0 Å². The van der Waals surface area contributed by atoms with Gasteiger partial charge in [0.2, 0.25) is 0 Å². The first-order chi connectivity index (χ1) is 9.18. The number of hydrogen-bond donors (Lipinski definition) is 2. The molecule has 1 amide bonds. The van der Waals surface area contributed by atoms with E-state index in [0.29, 0.717) is 17.3 Å². The minimum atomic E-state index is -0.158. The van der Waals surface area contributed by atoms with E-state index in [1.807, 2.05) is 0 Å². The molecule has 1 aliphatic carbocycles. The van der Waals surface area contributed by atoms with Gasteiger partial charge < -0.3 is 11.1 Å². The predicted molar refractivity (Wildman–Crippen MR) is 76.8 cm³/mol. The normalized spacial score (nSPS) is 18.6. The van der Waals surface area contributed by atoms with E-state index in [9.17, 15) is 4.79 Å². The standard InChI is InChI=1S/C15H23N3O/c1-11(12-7-4-2-3-5-8-12)18-15(19)14-13(16)9-6-10-17-14/h6,9-12H,2-5,7-8,16H2,1H3,(H,18,19)/t11-/m1/s1. The number of nitrogens with zero attached hydrogens (tertiary/aromatic N) is 1. The Morgan fingerprint density at radius 3 is 2.68 bits per heavy atom. The molecule has 104 valence electrons. The molecule has 2 rings (SSSR count). The van der Waals surface area contributed by atoms with Crippen LogP contribution in [0.15, 0.2) is 18.3 Å². The number of carbonyl (C=O) groups excluding carboxylic acids is 1. The Morgan fingerprint density at radius 1 is 1.37 bits per heavy atom. The summed E-state index contributed by atoms with van der Waals surface area (Å²) in [5, 5.41) is 3.05. The number of carbonyl (C=O) groups is 1. The summed E-state index contributed by atoms with van der Waals surface area (Å²) in [5.74, 6) is 0.422. The van der Waals surface area contributed by atoms with Crippen molar-refractivity contribution in [1.29, 1.82) is 0 Å². The molecule has 1 aliphatic rings. The molecule has 0 spiro atoms. The van der Waals surface area contributed by atoms with Crippen LogP contribution < -0.4 is 11.1 Å². The fourth-order valence-corrected chi connectivity index (χ4v) is 2.81. The summed E-state index contributed by atoms with van der Waals surface area (Å²) in [5.41, 5.74) is 6.55. The lowest BCUT2D eigenvalue weighted by atomic mass is 9.93. The Hall–Kier alpha value is -1.58. The van der Waals surface area contributed by atoms with Crippen molar-refractivity contribution in [3.05, 3.63) is 24.0 Å². The van der Waals surface area contributed by atoms with Crippen molar-refractivity contribution in [1.82, 2.24) is 10.3 Å². The van der Waals surface area contributed by atoms with Gasteiger partial charge in [0, 0.05) is 12.2 Å². The SMILES string of the molecule is C[C@@H](NC(=O)c1ncccc1N)C1CCCCCC1. The number of hydrogen-bond acceptors (Lipinski definition) is 3. The van der Waals surface area contributed by atoms with Gasteiger partial charge in [-0.15, -0.1) is 0 Å². The highest BCUT2D eigenvalue weighted by Gasteiger charge is 2.22. The van der Waals surface area contributed by atoms with E-state index < -0.39 is 0 Å². The Bertz CT molecular complexity index is 425. The van der Waals surface area contributed by atoms with Crippen LogP contribution in [0.5, 0.6) is 0 Å². The van der Waals surface area contributed by atoms with Gasteiger partial charge in [0.15, 0.2) is 5.69 Å². The van der Waals surface area contributed by atoms with Crippen molar-refractivity contribution in [2.24, 2.45) is 5.92 Å². The minimum Gasteiger partial charge on any atom is -0.397 e. The van der Waals surface area contributed by atoms with Gasteiger partial charge in [-0.05, 0) is 37.8 Å². The minimum absolute atomic E-state index is 0.158. The van der Waals surface area contributed by atoms with Crippen molar-refractivity contribution in [2.45, 2.75) is 51.5 Å². The summed E-state index contributed by atoms with van der Waals surface area (Å²) >= 11 is 0. The Balaban J connectivity index is 1.96.